The number of nitrogens with one attached hydrogen (secondary N) is 1. The first-order chi connectivity index (χ1) is 8.63. The average Bonchev–Trinajstić information content (AvgIpc) is 2.36. The van der Waals surface area contributed by atoms with E-state index in [4.69, 9.17) is 5.73 Å². The molecule has 1 amide bonds. The molecule has 1 aliphatic heterocycles. The highest BCUT2D eigenvalue weighted by Crippen LogP contribution is 2.14. The SMILES string of the molecule is CCCNC(=O)CCN=C(N)N1CCCC(C)C1.I. The summed E-state index contributed by atoms with van der Waals surface area (Å²) in [5.41, 5.74) is 5.94. The first-order valence-corrected chi connectivity index (χ1v) is 6.95. The number of hydrogen-bond acceptors (Lipinski definition) is 2. The van der Waals surface area contributed by atoms with Gasteiger partial charge in [-0.25, -0.2) is 0 Å². The van der Waals surface area contributed by atoms with Crippen LogP contribution in [0, 0.1) is 5.92 Å². The van der Waals surface area contributed by atoms with Crippen LogP contribution in [0.4, 0.5) is 0 Å². The number of amides is 1. The van der Waals surface area contributed by atoms with Gasteiger partial charge in [0.15, 0.2) is 5.96 Å². The smallest absolute Gasteiger partial charge is 0.221 e. The number of nitrogens with zero attached hydrogens (tertiary/aromatic N) is 2. The molecule has 112 valence electrons. The Morgan fingerprint density at radius 1 is 1.53 bits per heavy atom. The van der Waals surface area contributed by atoms with Gasteiger partial charge < -0.3 is 16.0 Å². The normalized spacial score (nSPS) is 19.8. The Bertz CT molecular complexity index is 296. The summed E-state index contributed by atoms with van der Waals surface area (Å²) >= 11 is 0. The molecule has 0 aromatic heterocycles. The van der Waals surface area contributed by atoms with E-state index in [0.29, 0.717) is 24.8 Å². The van der Waals surface area contributed by atoms with Crippen molar-refractivity contribution in [1.82, 2.24) is 10.2 Å². The van der Waals surface area contributed by atoms with Crippen LogP contribution in [-0.4, -0.2) is 42.9 Å². The summed E-state index contributed by atoms with van der Waals surface area (Å²) in [6.45, 7) is 7.46. The number of carbonyl (C=O) groups excluding carboxylic acids is 1. The van der Waals surface area contributed by atoms with E-state index in [2.05, 4.69) is 22.1 Å². The van der Waals surface area contributed by atoms with E-state index in [1.54, 1.807) is 0 Å². The van der Waals surface area contributed by atoms with Crippen molar-refractivity contribution in [2.45, 2.75) is 39.5 Å². The molecule has 0 aromatic carbocycles. The molecule has 6 heteroatoms. The van der Waals surface area contributed by atoms with E-state index >= 15 is 0 Å². The van der Waals surface area contributed by atoms with E-state index in [1.807, 2.05) is 6.92 Å². The zero-order valence-corrected chi connectivity index (χ0v) is 14.4. The molecule has 0 bridgehead atoms. The van der Waals surface area contributed by atoms with Crippen molar-refractivity contribution in [3.05, 3.63) is 0 Å². The number of piperidine rings is 1. The standard InChI is InChI=1S/C13H26N4O.HI/c1-3-7-15-12(18)6-8-16-13(14)17-9-4-5-11(2)10-17;/h11H,3-10H2,1-2H3,(H2,14,16)(H,15,18);1H. The number of likely N-dealkylation sites (tertiary alicyclic amines) is 1. The van der Waals surface area contributed by atoms with Gasteiger partial charge in [-0.2, -0.15) is 0 Å². The predicted molar refractivity (Wildman–Crippen MR) is 89.8 cm³/mol. The summed E-state index contributed by atoms with van der Waals surface area (Å²) in [6.07, 6.45) is 3.82. The second-order valence-corrected chi connectivity index (χ2v) is 5.03. The lowest BCUT2D eigenvalue weighted by Gasteiger charge is -2.31. The van der Waals surface area contributed by atoms with Gasteiger partial charge in [-0.3, -0.25) is 9.79 Å². The summed E-state index contributed by atoms with van der Waals surface area (Å²) in [5.74, 6) is 1.32. The van der Waals surface area contributed by atoms with Crippen LogP contribution in [0.1, 0.15) is 39.5 Å². The van der Waals surface area contributed by atoms with E-state index in [0.717, 1.165) is 26.1 Å². The van der Waals surface area contributed by atoms with Crippen LogP contribution in [0.2, 0.25) is 0 Å². The minimum Gasteiger partial charge on any atom is -0.370 e. The molecule has 19 heavy (non-hydrogen) atoms. The minimum absolute atomic E-state index is 0. The Hall–Kier alpha value is -0.530. The summed E-state index contributed by atoms with van der Waals surface area (Å²) in [5, 5.41) is 2.83. The number of rotatable bonds is 5. The van der Waals surface area contributed by atoms with Gasteiger partial charge in [0, 0.05) is 26.1 Å². The predicted octanol–water partition coefficient (Wildman–Crippen LogP) is 1.57. The van der Waals surface area contributed by atoms with Gasteiger partial charge in [0.1, 0.15) is 0 Å². The van der Waals surface area contributed by atoms with Crippen molar-refractivity contribution in [2.75, 3.05) is 26.2 Å². The van der Waals surface area contributed by atoms with E-state index in [9.17, 15) is 4.79 Å². The van der Waals surface area contributed by atoms with Crippen LogP contribution in [0.5, 0.6) is 0 Å². The largest absolute Gasteiger partial charge is 0.370 e. The second-order valence-electron chi connectivity index (χ2n) is 5.03. The fourth-order valence-electron chi connectivity index (χ4n) is 2.12. The second kappa shape index (κ2) is 10.3. The molecular weight excluding hydrogens is 355 g/mol. The molecule has 1 fully saturated rings. The lowest BCUT2D eigenvalue weighted by Crippen LogP contribution is -2.43. The van der Waals surface area contributed by atoms with E-state index in [-0.39, 0.29) is 29.9 Å². The number of carbonyl (C=O) groups is 1. The molecule has 0 saturated carbocycles. The first-order valence-electron chi connectivity index (χ1n) is 6.95. The van der Waals surface area contributed by atoms with Crippen molar-refractivity contribution >= 4 is 35.8 Å². The molecule has 0 radical (unpaired) electrons. The number of aliphatic imine (C=N–C) groups is 1. The minimum atomic E-state index is 0. The van der Waals surface area contributed by atoms with Crippen molar-refractivity contribution in [2.24, 2.45) is 16.6 Å². The molecule has 1 atom stereocenters. The molecular formula is C13H27IN4O. The molecule has 1 saturated heterocycles. The molecule has 0 aliphatic carbocycles. The number of hydrogen-bond donors (Lipinski definition) is 2. The Kier molecular flexibility index (Phi) is 9.99. The van der Waals surface area contributed by atoms with Crippen LogP contribution < -0.4 is 11.1 Å². The molecule has 1 aliphatic rings. The molecule has 1 rings (SSSR count). The van der Waals surface area contributed by atoms with Crippen LogP contribution in [0.3, 0.4) is 0 Å². The van der Waals surface area contributed by atoms with Crippen LogP contribution >= 0.6 is 24.0 Å². The van der Waals surface area contributed by atoms with E-state index < -0.39 is 0 Å². The quantitative estimate of drug-likeness (QED) is 0.431. The van der Waals surface area contributed by atoms with Crippen LogP contribution in [0.25, 0.3) is 0 Å². The van der Waals surface area contributed by atoms with Gasteiger partial charge in [0.2, 0.25) is 5.91 Å². The topological polar surface area (TPSA) is 70.7 Å². The summed E-state index contributed by atoms with van der Waals surface area (Å²) in [7, 11) is 0. The highest BCUT2D eigenvalue weighted by molar-refractivity contribution is 14.0. The van der Waals surface area contributed by atoms with Gasteiger partial charge in [-0.1, -0.05) is 13.8 Å². The molecule has 0 spiro atoms. The lowest BCUT2D eigenvalue weighted by molar-refractivity contribution is -0.120. The molecule has 3 N–H and O–H groups in total. The first kappa shape index (κ1) is 18.5. The zero-order chi connectivity index (χ0) is 13.4. The third kappa shape index (κ3) is 7.59. The maximum absolute atomic E-state index is 11.4. The highest BCUT2D eigenvalue weighted by atomic mass is 127. The molecule has 5 nitrogen and oxygen atoms in total. The van der Waals surface area contributed by atoms with Gasteiger partial charge in [0.25, 0.3) is 0 Å². The lowest BCUT2D eigenvalue weighted by atomic mass is 10.0. The van der Waals surface area contributed by atoms with Crippen LogP contribution in [0.15, 0.2) is 4.99 Å². The van der Waals surface area contributed by atoms with Crippen molar-refractivity contribution in [3.8, 4) is 0 Å². The molecule has 0 aromatic rings. The van der Waals surface area contributed by atoms with Crippen molar-refractivity contribution in [1.29, 1.82) is 0 Å². The molecule has 1 heterocycles. The summed E-state index contributed by atoms with van der Waals surface area (Å²) < 4.78 is 0. The van der Waals surface area contributed by atoms with Gasteiger partial charge in [-0.15, -0.1) is 24.0 Å². The maximum Gasteiger partial charge on any atom is 0.221 e. The number of nitrogens with two attached hydrogens (primary N) is 1. The van der Waals surface area contributed by atoms with Crippen molar-refractivity contribution in [3.63, 3.8) is 0 Å². The Morgan fingerprint density at radius 3 is 2.89 bits per heavy atom. The Balaban J connectivity index is 0.00000324. The Labute approximate surface area is 133 Å². The maximum atomic E-state index is 11.4. The fourth-order valence-corrected chi connectivity index (χ4v) is 2.12. The third-order valence-corrected chi connectivity index (χ3v) is 3.17. The van der Waals surface area contributed by atoms with Gasteiger partial charge in [-0.05, 0) is 25.2 Å². The van der Waals surface area contributed by atoms with Crippen molar-refractivity contribution < 1.29 is 4.79 Å². The highest BCUT2D eigenvalue weighted by Gasteiger charge is 2.17. The number of guanidine groups is 1. The summed E-state index contributed by atoms with van der Waals surface area (Å²) in [6, 6.07) is 0. The average molecular weight is 382 g/mol. The zero-order valence-electron chi connectivity index (χ0n) is 12.0. The van der Waals surface area contributed by atoms with Gasteiger partial charge in [0.05, 0.1) is 6.54 Å². The van der Waals surface area contributed by atoms with Crippen LogP contribution in [-0.2, 0) is 4.79 Å². The Morgan fingerprint density at radius 2 is 2.26 bits per heavy atom. The third-order valence-electron chi connectivity index (χ3n) is 3.17. The van der Waals surface area contributed by atoms with Gasteiger partial charge >= 0.3 is 0 Å². The monoisotopic (exact) mass is 382 g/mol. The van der Waals surface area contributed by atoms with E-state index in [1.165, 1.54) is 12.8 Å². The fraction of sp³-hybridized carbons (Fsp3) is 0.846. The number of halogens is 1. The summed E-state index contributed by atoms with van der Waals surface area (Å²) in [4.78, 5) is 17.8. The molecule has 1 unspecified atom stereocenters.